The smallest absolute Gasteiger partial charge is 0.275 e. The molecule has 2 rings (SSSR count). The molecule has 19 heavy (non-hydrogen) atoms. The van der Waals surface area contributed by atoms with Crippen LogP contribution in [0.1, 0.15) is 10.5 Å². The van der Waals surface area contributed by atoms with Gasteiger partial charge in [0.2, 0.25) is 0 Å². The number of carbonyl (C=O) groups excluding carboxylic acids is 1. The first-order chi connectivity index (χ1) is 9.08. The molecule has 1 heterocycles. The molecule has 0 bridgehead atoms. The molecule has 0 saturated heterocycles. The third-order valence-electron chi connectivity index (χ3n) is 2.62. The van der Waals surface area contributed by atoms with Crippen LogP contribution in [-0.2, 0) is 0 Å². The van der Waals surface area contributed by atoms with Crippen molar-refractivity contribution in [3.8, 4) is 0 Å². The van der Waals surface area contributed by atoms with Crippen LogP contribution in [0.25, 0.3) is 0 Å². The molecule has 0 aliphatic carbocycles. The minimum atomic E-state index is -0.231. The molecule has 98 valence electrons. The average molecular weight is 320 g/mol. The standard InChI is InChI=1S/C14H14BrN3O/c1-18(2)11-7-5-10(6-8-11)17-14(19)13-12(15)4-3-9-16-13/h3-9H,1-2H3,(H,17,19). The van der Waals surface area contributed by atoms with Crippen LogP contribution in [0.15, 0.2) is 47.1 Å². The number of anilines is 2. The van der Waals surface area contributed by atoms with Crippen LogP contribution in [0.3, 0.4) is 0 Å². The summed E-state index contributed by atoms with van der Waals surface area (Å²) in [4.78, 5) is 18.1. The molecule has 1 N–H and O–H groups in total. The fourth-order valence-electron chi connectivity index (χ4n) is 1.59. The van der Waals surface area contributed by atoms with E-state index in [1.807, 2.05) is 43.3 Å². The predicted octanol–water partition coefficient (Wildman–Crippen LogP) is 3.16. The normalized spacial score (nSPS) is 10.1. The number of nitrogens with zero attached hydrogens (tertiary/aromatic N) is 2. The number of amides is 1. The third-order valence-corrected chi connectivity index (χ3v) is 3.26. The molecule has 1 amide bonds. The lowest BCUT2D eigenvalue weighted by molar-refractivity contribution is 0.102. The molecule has 2 aromatic rings. The quantitative estimate of drug-likeness (QED) is 0.945. The van der Waals surface area contributed by atoms with E-state index < -0.39 is 0 Å². The third kappa shape index (κ3) is 3.32. The Morgan fingerprint density at radius 3 is 2.47 bits per heavy atom. The van der Waals surface area contributed by atoms with Crippen LogP contribution in [0.5, 0.6) is 0 Å². The zero-order valence-corrected chi connectivity index (χ0v) is 12.3. The first-order valence-corrected chi connectivity index (χ1v) is 6.56. The van der Waals surface area contributed by atoms with Crippen molar-refractivity contribution in [2.24, 2.45) is 0 Å². The number of nitrogens with one attached hydrogen (secondary N) is 1. The highest BCUT2D eigenvalue weighted by Crippen LogP contribution is 2.18. The summed E-state index contributed by atoms with van der Waals surface area (Å²) < 4.78 is 0.678. The number of carbonyl (C=O) groups is 1. The topological polar surface area (TPSA) is 45.2 Å². The Labute approximate surface area is 120 Å². The van der Waals surface area contributed by atoms with Gasteiger partial charge in [-0.1, -0.05) is 0 Å². The molecule has 4 nitrogen and oxygen atoms in total. The van der Waals surface area contributed by atoms with Crippen molar-refractivity contribution in [1.82, 2.24) is 4.98 Å². The SMILES string of the molecule is CN(C)c1ccc(NC(=O)c2ncccc2Br)cc1. The lowest BCUT2D eigenvalue weighted by Crippen LogP contribution is -2.14. The molecule has 0 spiro atoms. The summed E-state index contributed by atoms with van der Waals surface area (Å²) in [7, 11) is 3.94. The molecular weight excluding hydrogens is 306 g/mol. The van der Waals surface area contributed by atoms with Gasteiger partial charge in [-0.05, 0) is 52.3 Å². The summed E-state index contributed by atoms with van der Waals surface area (Å²) in [5, 5.41) is 2.82. The van der Waals surface area contributed by atoms with Crippen molar-refractivity contribution in [2.45, 2.75) is 0 Å². The fraction of sp³-hybridized carbons (Fsp3) is 0.143. The molecule has 0 aliphatic rings. The van der Waals surface area contributed by atoms with Crippen LogP contribution in [0.2, 0.25) is 0 Å². The highest BCUT2D eigenvalue weighted by molar-refractivity contribution is 9.10. The van der Waals surface area contributed by atoms with Gasteiger partial charge in [0.1, 0.15) is 5.69 Å². The summed E-state index contributed by atoms with van der Waals surface area (Å²) in [5.74, 6) is -0.231. The van der Waals surface area contributed by atoms with Crippen molar-refractivity contribution >= 4 is 33.2 Å². The summed E-state index contributed by atoms with van der Waals surface area (Å²) in [6.07, 6.45) is 1.59. The number of pyridine rings is 1. The van der Waals surface area contributed by atoms with Crippen molar-refractivity contribution in [2.75, 3.05) is 24.3 Å². The maximum Gasteiger partial charge on any atom is 0.275 e. The van der Waals surface area contributed by atoms with Gasteiger partial charge in [0.05, 0.1) is 0 Å². The Kier molecular flexibility index (Phi) is 4.16. The Morgan fingerprint density at radius 1 is 1.21 bits per heavy atom. The maximum absolute atomic E-state index is 12.0. The van der Waals surface area contributed by atoms with Crippen LogP contribution in [-0.4, -0.2) is 25.0 Å². The molecule has 0 aliphatic heterocycles. The molecule has 0 unspecified atom stereocenters. The highest BCUT2D eigenvalue weighted by atomic mass is 79.9. The lowest BCUT2D eigenvalue weighted by atomic mass is 10.2. The van der Waals surface area contributed by atoms with E-state index in [0.717, 1.165) is 11.4 Å². The average Bonchev–Trinajstić information content (AvgIpc) is 2.39. The monoisotopic (exact) mass is 319 g/mol. The second-order valence-electron chi connectivity index (χ2n) is 4.23. The Morgan fingerprint density at radius 2 is 1.89 bits per heavy atom. The van der Waals surface area contributed by atoms with Gasteiger partial charge in [-0.2, -0.15) is 0 Å². The van der Waals surface area contributed by atoms with E-state index in [1.54, 1.807) is 18.3 Å². The maximum atomic E-state index is 12.0. The van der Waals surface area contributed by atoms with Crippen LogP contribution >= 0.6 is 15.9 Å². The van der Waals surface area contributed by atoms with Gasteiger partial charge in [0.25, 0.3) is 5.91 Å². The summed E-state index contributed by atoms with van der Waals surface area (Å²) in [5.41, 5.74) is 2.20. The lowest BCUT2D eigenvalue weighted by Gasteiger charge is -2.13. The van der Waals surface area contributed by atoms with Crippen molar-refractivity contribution in [1.29, 1.82) is 0 Å². The summed E-state index contributed by atoms with van der Waals surface area (Å²) in [6.45, 7) is 0. The number of aromatic nitrogens is 1. The van der Waals surface area contributed by atoms with Crippen molar-refractivity contribution in [3.05, 3.63) is 52.8 Å². The van der Waals surface area contributed by atoms with Gasteiger partial charge in [0.15, 0.2) is 0 Å². The summed E-state index contributed by atoms with van der Waals surface area (Å²) in [6, 6.07) is 11.2. The minimum absolute atomic E-state index is 0.231. The molecule has 1 aromatic heterocycles. The predicted molar refractivity (Wildman–Crippen MR) is 80.7 cm³/mol. The molecule has 0 atom stereocenters. The van der Waals surface area contributed by atoms with Crippen LogP contribution < -0.4 is 10.2 Å². The van der Waals surface area contributed by atoms with E-state index in [4.69, 9.17) is 0 Å². The minimum Gasteiger partial charge on any atom is -0.378 e. The molecule has 0 radical (unpaired) electrons. The van der Waals surface area contributed by atoms with E-state index in [2.05, 4.69) is 26.2 Å². The van der Waals surface area contributed by atoms with Gasteiger partial charge in [-0.25, -0.2) is 4.98 Å². The van der Waals surface area contributed by atoms with E-state index in [-0.39, 0.29) is 5.91 Å². The Hall–Kier alpha value is -1.88. The second-order valence-corrected chi connectivity index (χ2v) is 5.08. The molecular formula is C14H14BrN3O. The molecule has 1 aromatic carbocycles. The zero-order valence-electron chi connectivity index (χ0n) is 10.7. The molecule has 0 fully saturated rings. The van der Waals surface area contributed by atoms with Gasteiger partial charge < -0.3 is 10.2 Å². The van der Waals surface area contributed by atoms with Gasteiger partial charge in [-0.3, -0.25) is 4.79 Å². The van der Waals surface area contributed by atoms with Crippen molar-refractivity contribution in [3.63, 3.8) is 0 Å². The van der Waals surface area contributed by atoms with E-state index in [9.17, 15) is 4.79 Å². The van der Waals surface area contributed by atoms with E-state index >= 15 is 0 Å². The van der Waals surface area contributed by atoms with Crippen LogP contribution in [0, 0.1) is 0 Å². The number of rotatable bonds is 3. The summed E-state index contributed by atoms with van der Waals surface area (Å²) >= 11 is 3.31. The van der Waals surface area contributed by atoms with Gasteiger partial charge in [0, 0.05) is 36.1 Å². The second kappa shape index (κ2) is 5.84. The zero-order chi connectivity index (χ0) is 13.8. The number of hydrogen-bond acceptors (Lipinski definition) is 3. The van der Waals surface area contributed by atoms with Crippen LogP contribution in [0.4, 0.5) is 11.4 Å². The molecule has 0 saturated carbocycles. The highest BCUT2D eigenvalue weighted by Gasteiger charge is 2.11. The largest absolute Gasteiger partial charge is 0.378 e. The number of hydrogen-bond donors (Lipinski definition) is 1. The Bertz CT molecular complexity index is 581. The van der Waals surface area contributed by atoms with Gasteiger partial charge in [-0.15, -0.1) is 0 Å². The molecule has 5 heteroatoms. The van der Waals surface area contributed by atoms with Gasteiger partial charge >= 0.3 is 0 Å². The fourth-order valence-corrected chi connectivity index (χ4v) is 2.02. The van der Waals surface area contributed by atoms with Crippen molar-refractivity contribution < 1.29 is 4.79 Å². The number of halogens is 1. The first kappa shape index (κ1) is 13.5. The van der Waals surface area contributed by atoms with E-state index in [1.165, 1.54) is 0 Å². The Balaban J connectivity index is 2.13. The van der Waals surface area contributed by atoms with E-state index in [0.29, 0.717) is 10.2 Å². The first-order valence-electron chi connectivity index (χ1n) is 5.77. The number of benzene rings is 1.